The van der Waals surface area contributed by atoms with E-state index in [0.29, 0.717) is 16.3 Å². The Morgan fingerprint density at radius 2 is 1.71 bits per heavy atom. The largest absolute Gasteiger partial charge is 0.479 e. The predicted octanol–water partition coefficient (Wildman–Crippen LogP) is 4.77. The first kappa shape index (κ1) is 13.9. The molecular weight excluding hydrogens is 261 g/mol. The second kappa shape index (κ2) is 6.52. The summed E-state index contributed by atoms with van der Waals surface area (Å²) in [6.45, 7) is 4.25. The maximum atomic E-state index is 9.31. The molecule has 0 bridgehead atoms. The van der Waals surface area contributed by atoms with Gasteiger partial charge in [-0.25, -0.2) is 0 Å². The van der Waals surface area contributed by atoms with E-state index >= 15 is 0 Å². The molecule has 1 aromatic heterocycles. The minimum absolute atomic E-state index is 0.0903. The molecule has 1 N–H and O–H groups in total. The highest BCUT2D eigenvalue weighted by Gasteiger charge is 2.12. The number of rotatable bonds is 1. The van der Waals surface area contributed by atoms with Crippen LogP contribution in [0.25, 0.3) is 11.3 Å². The summed E-state index contributed by atoms with van der Waals surface area (Å²) >= 11 is 11.2. The molecule has 17 heavy (non-hydrogen) atoms. The average Bonchev–Trinajstić information content (AvgIpc) is 2.60. The number of aromatic hydroxyl groups is 1. The lowest BCUT2D eigenvalue weighted by atomic mass is 10.2. The van der Waals surface area contributed by atoms with Gasteiger partial charge in [0.2, 0.25) is 0 Å². The van der Waals surface area contributed by atoms with Gasteiger partial charge < -0.3 is 9.52 Å². The van der Waals surface area contributed by atoms with Crippen LogP contribution in [-0.4, -0.2) is 10.1 Å². The lowest BCUT2D eigenvalue weighted by Gasteiger charge is -1.95. The molecule has 0 radical (unpaired) electrons. The number of nitrogens with zero attached hydrogens (tertiary/aromatic N) is 1. The summed E-state index contributed by atoms with van der Waals surface area (Å²) < 4.78 is 4.68. The summed E-state index contributed by atoms with van der Waals surface area (Å²) in [4.78, 5) is 3.82. The SMILES string of the molecule is CCC.Oc1oc(Cl)nc1-c1ccc(Cl)cc1. The molecule has 0 unspecified atom stereocenters. The molecule has 0 amide bonds. The summed E-state index contributed by atoms with van der Waals surface area (Å²) in [5.41, 5.74) is 1.01. The number of hydrogen-bond donors (Lipinski definition) is 1. The molecule has 0 saturated carbocycles. The van der Waals surface area contributed by atoms with Gasteiger partial charge >= 0.3 is 5.95 Å². The van der Waals surface area contributed by atoms with E-state index in [1.54, 1.807) is 24.3 Å². The van der Waals surface area contributed by atoms with Crippen LogP contribution in [0.4, 0.5) is 0 Å². The van der Waals surface area contributed by atoms with Crippen molar-refractivity contribution in [3.05, 3.63) is 34.6 Å². The third-order valence-corrected chi connectivity index (χ3v) is 2.11. The van der Waals surface area contributed by atoms with Crippen LogP contribution in [0, 0.1) is 0 Å². The van der Waals surface area contributed by atoms with E-state index < -0.39 is 0 Å². The maximum Gasteiger partial charge on any atom is 0.312 e. The van der Waals surface area contributed by atoms with E-state index in [1.807, 2.05) is 0 Å². The van der Waals surface area contributed by atoms with Gasteiger partial charge in [-0.05, 0) is 23.7 Å². The Kier molecular flexibility index (Phi) is 5.32. The Balaban J connectivity index is 0.000000437. The van der Waals surface area contributed by atoms with E-state index in [2.05, 4.69) is 23.2 Å². The predicted molar refractivity (Wildman–Crippen MR) is 69.6 cm³/mol. The molecule has 2 aromatic rings. The van der Waals surface area contributed by atoms with E-state index in [4.69, 9.17) is 23.2 Å². The highest BCUT2D eigenvalue weighted by atomic mass is 35.5. The monoisotopic (exact) mass is 273 g/mol. The van der Waals surface area contributed by atoms with Crippen molar-refractivity contribution >= 4 is 23.2 Å². The quantitative estimate of drug-likeness (QED) is 0.814. The first-order valence-corrected chi connectivity index (χ1v) is 5.95. The van der Waals surface area contributed by atoms with E-state index in [0.717, 1.165) is 0 Å². The van der Waals surface area contributed by atoms with Crippen molar-refractivity contribution < 1.29 is 9.52 Å². The van der Waals surface area contributed by atoms with Crippen molar-refractivity contribution in [3.8, 4) is 17.2 Å². The zero-order chi connectivity index (χ0) is 12.8. The van der Waals surface area contributed by atoms with Crippen LogP contribution in [0.5, 0.6) is 5.95 Å². The van der Waals surface area contributed by atoms with Gasteiger partial charge in [0.1, 0.15) is 0 Å². The van der Waals surface area contributed by atoms with E-state index in [-0.39, 0.29) is 11.3 Å². The summed E-state index contributed by atoms with van der Waals surface area (Å²) in [5, 5.41) is 9.83. The Hall–Kier alpha value is -1.19. The molecule has 0 aliphatic rings. The van der Waals surface area contributed by atoms with Gasteiger partial charge in [0.15, 0.2) is 5.69 Å². The first-order chi connectivity index (χ1) is 8.08. The van der Waals surface area contributed by atoms with E-state index in [9.17, 15) is 5.11 Å². The number of oxazole rings is 1. The average molecular weight is 274 g/mol. The molecule has 0 saturated heterocycles. The molecule has 0 aliphatic heterocycles. The van der Waals surface area contributed by atoms with Gasteiger partial charge in [-0.15, -0.1) is 0 Å². The fourth-order valence-electron chi connectivity index (χ4n) is 1.08. The fraction of sp³-hybridized carbons (Fsp3) is 0.250. The van der Waals surface area contributed by atoms with Crippen LogP contribution in [-0.2, 0) is 0 Å². The summed E-state index contributed by atoms with van der Waals surface area (Å²) in [5.74, 6) is -0.294. The highest BCUT2D eigenvalue weighted by Crippen LogP contribution is 2.31. The van der Waals surface area contributed by atoms with Gasteiger partial charge in [-0.2, -0.15) is 4.98 Å². The molecule has 0 atom stereocenters. The molecule has 5 heteroatoms. The van der Waals surface area contributed by atoms with Crippen molar-refractivity contribution in [2.75, 3.05) is 0 Å². The second-order valence-electron chi connectivity index (χ2n) is 3.33. The van der Waals surface area contributed by atoms with Crippen LogP contribution in [0.15, 0.2) is 28.7 Å². The molecule has 0 aliphatic carbocycles. The van der Waals surface area contributed by atoms with Gasteiger partial charge in [0.05, 0.1) is 0 Å². The third-order valence-electron chi connectivity index (χ3n) is 1.70. The van der Waals surface area contributed by atoms with Gasteiger partial charge in [0.25, 0.3) is 5.35 Å². The number of hydrogen-bond acceptors (Lipinski definition) is 3. The first-order valence-electron chi connectivity index (χ1n) is 5.19. The lowest BCUT2D eigenvalue weighted by molar-refractivity contribution is 0.334. The zero-order valence-electron chi connectivity index (χ0n) is 9.58. The lowest BCUT2D eigenvalue weighted by Crippen LogP contribution is -1.77. The van der Waals surface area contributed by atoms with Gasteiger partial charge in [-0.3, -0.25) is 0 Å². The molecule has 1 aromatic carbocycles. The van der Waals surface area contributed by atoms with Crippen LogP contribution in [0.3, 0.4) is 0 Å². The molecule has 0 spiro atoms. The van der Waals surface area contributed by atoms with Crippen LogP contribution < -0.4 is 0 Å². The van der Waals surface area contributed by atoms with Crippen LogP contribution >= 0.6 is 23.2 Å². The zero-order valence-corrected chi connectivity index (χ0v) is 11.1. The maximum absolute atomic E-state index is 9.31. The van der Waals surface area contributed by atoms with E-state index in [1.165, 1.54) is 6.42 Å². The third kappa shape index (κ3) is 3.95. The van der Waals surface area contributed by atoms with Crippen molar-refractivity contribution in [2.24, 2.45) is 0 Å². The smallest absolute Gasteiger partial charge is 0.312 e. The normalized spacial score (nSPS) is 9.65. The number of halogens is 2. The minimum Gasteiger partial charge on any atom is -0.479 e. The second-order valence-corrected chi connectivity index (χ2v) is 4.09. The molecule has 1 heterocycles. The van der Waals surface area contributed by atoms with Crippen LogP contribution in [0.2, 0.25) is 10.4 Å². The molecule has 92 valence electrons. The minimum atomic E-state index is -0.294. The Morgan fingerprint density at radius 1 is 1.18 bits per heavy atom. The summed E-state index contributed by atoms with van der Waals surface area (Å²) in [6, 6.07) is 6.82. The Bertz CT molecular complexity index is 466. The Morgan fingerprint density at radius 3 is 2.12 bits per heavy atom. The van der Waals surface area contributed by atoms with Crippen molar-refractivity contribution in [1.29, 1.82) is 0 Å². The fourth-order valence-corrected chi connectivity index (χ4v) is 1.37. The summed E-state index contributed by atoms with van der Waals surface area (Å²) in [7, 11) is 0. The van der Waals surface area contributed by atoms with Crippen molar-refractivity contribution in [2.45, 2.75) is 20.3 Å². The standard InChI is InChI=1S/C9H5Cl2NO2.C3H8/c10-6-3-1-5(2-4-6)7-8(13)14-9(11)12-7;1-3-2/h1-4,13H;3H2,1-2H3. The van der Waals surface area contributed by atoms with Crippen LogP contribution in [0.1, 0.15) is 20.3 Å². The number of aromatic nitrogens is 1. The van der Waals surface area contributed by atoms with Gasteiger partial charge in [-0.1, -0.05) is 44.0 Å². The van der Waals surface area contributed by atoms with Crippen molar-refractivity contribution in [1.82, 2.24) is 4.98 Å². The highest BCUT2D eigenvalue weighted by molar-refractivity contribution is 6.30. The Labute approximate surface area is 110 Å². The molecule has 3 nitrogen and oxygen atoms in total. The molecular formula is C12H13Cl2NO2. The number of benzene rings is 1. The van der Waals surface area contributed by atoms with Gasteiger partial charge in [0, 0.05) is 10.6 Å². The molecule has 2 rings (SSSR count). The topological polar surface area (TPSA) is 46.3 Å². The van der Waals surface area contributed by atoms with Crippen molar-refractivity contribution in [3.63, 3.8) is 0 Å². The molecule has 0 fully saturated rings. The summed E-state index contributed by atoms with van der Waals surface area (Å²) in [6.07, 6.45) is 1.25.